The summed E-state index contributed by atoms with van der Waals surface area (Å²) in [5, 5.41) is 7.34. The van der Waals surface area contributed by atoms with Gasteiger partial charge in [-0.2, -0.15) is 4.98 Å². The maximum absolute atomic E-state index is 5.89. The van der Waals surface area contributed by atoms with Gasteiger partial charge in [-0.3, -0.25) is 14.9 Å². The fourth-order valence-electron chi connectivity index (χ4n) is 6.52. The Balaban J connectivity index is 1.20. The number of piperidine rings is 1. The summed E-state index contributed by atoms with van der Waals surface area (Å²) in [6, 6.07) is 8.95. The molecule has 0 bridgehead atoms. The molecule has 4 heterocycles. The maximum Gasteiger partial charge on any atom is 0.229 e. The summed E-state index contributed by atoms with van der Waals surface area (Å²) in [7, 11) is 5.98. The van der Waals surface area contributed by atoms with Crippen molar-refractivity contribution < 1.29 is 4.74 Å². The largest absolute Gasteiger partial charge is 0.494 e. The van der Waals surface area contributed by atoms with Crippen LogP contribution >= 0.6 is 27.9 Å². The number of piperazine rings is 1. The third-order valence-electron chi connectivity index (χ3n) is 8.92. The molecule has 6 rings (SSSR count). The van der Waals surface area contributed by atoms with Gasteiger partial charge in [0, 0.05) is 88.0 Å². The summed E-state index contributed by atoms with van der Waals surface area (Å²) < 4.78 is 8.77. The SMILES string of the molecule is COc1cc(N2CCC(N3CCN(C)CC3)CC2)c(C)cc1Nc1ncc(Br)c(Nc2ccc3nccnc3c2N(C)SC(C)C)n1. The van der Waals surface area contributed by atoms with Crippen LogP contribution in [0.15, 0.2) is 47.3 Å². The number of hydrogen-bond donors (Lipinski definition) is 2. The highest BCUT2D eigenvalue weighted by Crippen LogP contribution is 2.40. The van der Waals surface area contributed by atoms with Gasteiger partial charge in [-0.1, -0.05) is 13.8 Å². The van der Waals surface area contributed by atoms with Crippen LogP contribution < -0.4 is 24.6 Å². The maximum atomic E-state index is 5.89. The minimum absolute atomic E-state index is 0.389. The van der Waals surface area contributed by atoms with E-state index in [1.807, 2.05) is 12.1 Å². The molecule has 0 atom stereocenters. The summed E-state index contributed by atoms with van der Waals surface area (Å²) in [6.07, 6.45) is 7.57. The molecule has 0 radical (unpaired) electrons. The third kappa shape index (κ3) is 7.69. The minimum Gasteiger partial charge on any atom is -0.494 e. The molecule has 0 unspecified atom stereocenters. The van der Waals surface area contributed by atoms with E-state index in [1.54, 1.807) is 37.6 Å². The quantitative estimate of drug-likeness (QED) is 0.171. The number of nitrogens with one attached hydrogen (secondary N) is 2. The molecule has 2 saturated heterocycles. The number of likely N-dealkylation sites (N-methyl/N-ethyl adjacent to an activating group) is 1. The van der Waals surface area contributed by atoms with Crippen molar-refractivity contribution in [2.45, 2.75) is 44.9 Å². The fourth-order valence-corrected chi connectivity index (χ4v) is 7.73. The van der Waals surface area contributed by atoms with Crippen LogP contribution in [0, 0.1) is 6.92 Å². The van der Waals surface area contributed by atoms with Crippen LogP contribution in [0.4, 0.5) is 34.5 Å². The van der Waals surface area contributed by atoms with E-state index in [0.717, 1.165) is 51.4 Å². The number of halogens is 1. The molecule has 47 heavy (non-hydrogen) atoms. The molecule has 2 fully saturated rings. The summed E-state index contributed by atoms with van der Waals surface area (Å²) >= 11 is 5.38. The van der Waals surface area contributed by atoms with Crippen molar-refractivity contribution in [1.82, 2.24) is 29.7 Å². The van der Waals surface area contributed by atoms with E-state index >= 15 is 0 Å². The number of aryl methyl sites for hydroxylation is 1. The number of ether oxygens (including phenoxy) is 1. The second kappa shape index (κ2) is 14.8. The van der Waals surface area contributed by atoms with Gasteiger partial charge in [0.25, 0.3) is 0 Å². The second-order valence-electron chi connectivity index (χ2n) is 12.6. The molecule has 2 aromatic carbocycles. The van der Waals surface area contributed by atoms with Gasteiger partial charge in [0.15, 0.2) is 0 Å². The van der Waals surface area contributed by atoms with Gasteiger partial charge in [0.1, 0.15) is 17.1 Å². The van der Waals surface area contributed by atoms with Crippen LogP contribution in [0.25, 0.3) is 11.0 Å². The fraction of sp³-hybridized carbons (Fsp3) is 0.471. The molecule has 11 nitrogen and oxygen atoms in total. The Morgan fingerprint density at radius 1 is 0.979 bits per heavy atom. The van der Waals surface area contributed by atoms with E-state index in [-0.39, 0.29) is 0 Å². The highest BCUT2D eigenvalue weighted by Gasteiger charge is 2.28. The second-order valence-corrected chi connectivity index (χ2v) is 15.1. The zero-order chi connectivity index (χ0) is 33.1. The number of methoxy groups -OCH3 is 1. The Kier molecular flexibility index (Phi) is 10.5. The molecule has 0 amide bonds. The standard InChI is InChI=1S/C34H45BrN10OS/c1-22(2)47-43(5)32-27(8-7-26-31(32)37-12-11-36-26)39-33-25(35)21-38-34(41-33)40-28-19-23(3)29(20-30(28)46-6)45-13-9-24(10-14-45)44-17-15-42(4)16-18-44/h7-8,11-12,19-22,24H,9-10,13-18H2,1-6H3,(H2,38,39,40,41). The molecular formula is C34H45BrN10OS. The van der Waals surface area contributed by atoms with E-state index in [0.29, 0.717) is 23.1 Å². The molecule has 2 N–H and O–H groups in total. The first kappa shape index (κ1) is 33.5. The lowest BCUT2D eigenvalue weighted by Crippen LogP contribution is -2.52. The number of hydrogen-bond acceptors (Lipinski definition) is 12. The van der Waals surface area contributed by atoms with Crippen molar-refractivity contribution in [2.24, 2.45) is 0 Å². The Bertz CT molecular complexity index is 1690. The van der Waals surface area contributed by atoms with Gasteiger partial charge in [-0.15, -0.1) is 0 Å². The number of aromatic nitrogens is 4. The number of nitrogens with zero attached hydrogens (tertiary/aromatic N) is 8. The van der Waals surface area contributed by atoms with Crippen LogP contribution in [0.3, 0.4) is 0 Å². The van der Waals surface area contributed by atoms with Crippen molar-refractivity contribution in [1.29, 1.82) is 0 Å². The van der Waals surface area contributed by atoms with E-state index in [4.69, 9.17) is 9.72 Å². The molecule has 2 aliphatic heterocycles. The van der Waals surface area contributed by atoms with Gasteiger partial charge in [-0.25, -0.2) is 4.98 Å². The average Bonchev–Trinajstić information content (AvgIpc) is 3.06. The molecule has 13 heteroatoms. The predicted molar refractivity (Wildman–Crippen MR) is 199 cm³/mol. The monoisotopic (exact) mass is 720 g/mol. The number of anilines is 6. The normalized spacial score (nSPS) is 16.6. The number of fused-ring (bicyclic) bond motifs is 1. The Morgan fingerprint density at radius 2 is 1.72 bits per heavy atom. The van der Waals surface area contributed by atoms with Crippen molar-refractivity contribution in [3.05, 3.63) is 52.9 Å². The van der Waals surface area contributed by atoms with Crippen LogP contribution in [0.5, 0.6) is 5.75 Å². The molecule has 0 spiro atoms. The Hall–Kier alpha value is -3.39. The lowest BCUT2D eigenvalue weighted by molar-refractivity contribution is 0.0982. The summed E-state index contributed by atoms with van der Waals surface area (Å²) in [5.41, 5.74) is 6.69. The Morgan fingerprint density at radius 3 is 2.45 bits per heavy atom. The number of rotatable bonds is 10. The zero-order valence-electron chi connectivity index (χ0n) is 28.1. The van der Waals surface area contributed by atoms with Crippen molar-refractivity contribution in [3.8, 4) is 5.75 Å². The van der Waals surface area contributed by atoms with Crippen molar-refractivity contribution >= 4 is 73.4 Å². The van der Waals surface area contributed by atoms with E-state index in [2.05, 4.69) is 108 Å². The lowest BCUT2D eigenvalue weighted by Gasteiger charge is -2.43. The summed E-state index contributed by atoms with van der Waals surface area (Å²) in [5.74, 6) is 1.85. The van der Waals surface area contributed by atoms with Crippen LogP contribution in [-0.2, 0) is 0 Å². The van der Waals surface area contributed by atoms with Gasteiger partial charge >= 0.3 is 0 Å². The van der Waals surface area contributed by atoms with Gasteiger partial charge in [0.05, 0.1) is 34.2 Å². The minimum atomic E-state index is 0.389. The topological polar surface area (TPSA) is 97.8 Å². The summed E-state index contributed by atoms with van der Waals surface area (Å²) in [4.78, 5) is 26.3. The van der Waals surface area contributed by atoms with Crippen LogP contribution in [-0.4, -0.2) is 102 Å². The highest BCUT2D eigenvalue weighted by atomic mass is 79.9. The molecule has 250 valence electrons. The van der Waals surface area contributed by atoms with Crippen LogP contribution in [0.2, 0.25) is 0 Å². The van der Waals surface area contributed by atoms with Crippen molar-refractivity contribution in [2.75, 3.05) is 80.3 Å². The van der Waals surface area contributed by atoms with E-state index in [1.165, 1.54) is 50.3 Å². The number of benzene rings is 2. The molecular weight excluding hydrogens is 676 g/mol. The third-order valence-corrected chi connectivity index (χ3v) is 10.4. The Labute approximate surface area is 290 Å². The molecule has 2 aliphatic rings. The zero-order valence-corrected chi connectivity index (χ0v) is 30.5. The summed E-state index contributed by atoms with van der Waals surface area (Å²) in [6.45, 7) is 13.3. The first-order chi connectivity index (χ1) is 22.7. The van der Waals surface area contributed by atoms with Crippen LogP contribution in [0.1, 0.15) is 32.3 Å². The smallest absolute Gasteiger partial charge is 0.229 e. The molecule has 4 aromatic rings. The van der Waals surface area contributed by atoms with Crippen molar-refractivity contribution in [3.63, 3.8) is 0 Å². The van der Waals surface area contributed by atoms with E-state index < -0.39 is 0 Å². The van der Waals surface area contributed by atoms with Gasteiger partial charge in [-0.05, 0) is 78.5 Å². The predicted octanol–water partition coefficient (Wildman–Crippen LogP) is 6.70. The molecule has 0 aliphatic carbocycles. The average molecular weight is 722 g/mol. The molecule has 0 saturated carbocycles. The molecule has 2 aromatic heterocycles. The highest BCUT2D eigenvalue weighted by molar-refractivity contribution is 9.10. The van der Waals surface area contributed by atoms with Gasteiger partial charge < -0.3 is 29.5 Å². The van der Waals surface area contributed by atoms with E-state index in [9.17, 15) is 0 Å². The first-order valence-corrected chi connectivity index (χ1v) is 17.9. The van der Waals surface area contributed by atoms with Gasteiger partial charge in [0.2, 0.25) is 5.95 Å². The lowest BCUT2D eigenvalue weighted by atomic mass is 10.0. The first-order valence-electron chi connectivity index (χ1n) is 16.3.